The van der Waals surface area contributed by atoms with E-state index in [2.05, 4.69) is 28.4 Å². The zero-order valence-corrected chi connectivity index (χ0v) is 16.1. The topological polar surface area (TPSA) is 75.1 Å². The van der Waals surface area contributed by atoms with E-state index in [1.807, 2.05) is 26.0 Å². The molecule has 2 heterocycles. The summed E-state index contributed by atoms with van der Waals surface area (Å²) in [7, 11) is 0. The van der Waals surface area contributed by atoms with Crippen molar-refractivity contribution >= 4 is 28.1 Å². The maximum atomic E-state index is 13.0. The van der Waals surface area contributed by atoms with Gasteiger partial charge in [0.1, 0.15) is 12.0 Å². The van der Waals surface area contributed by atoms with Gasteiger partial charge in [0, 0.05) is 23.2 Å². The number of rotatable bonds is 7. The third-order valence-electron chi connectivity index (χ3n) is 4.91. The van der Waals surface area contributed by atoms with Gasteiger partial charge in [0.25, 0.3) is 0 Å². The van der Waals surface area contributed by atoms with E-state index in [9.17, 15) is 14.3 Å². The van der Waals surface area contributed by atoms with E-state index in [1.54, 1.807) is 18.5 Å². The lowest BCUT2D eigenvalue weighted by molar-refractivity contribution is -0.117. The second kappa shape index (κ2) is 8.02. The molecule has 0 saturated heterocycles. The number of nitrogens with one attached hydrogen (secondary N) is 1. The first-order chi connectivity index (χ1) is 13.3. The van der Waals surface area contributed by atoms with Gasteiger partial charge in [-0.2, -0.15) is 0 Å². The van der Waals surface area contributed by atoms with Crippen molar-refractivity contribution in [3.05, 3.63) is 60.6 Å². The molecule has 3 atom stereocenters. The monoisotopic (exact) mass is 381 g/mol. The molecule has 1 amide bonds. The number of aromatic nitrogens is 2. The molecule has 0 radical (unpaired) electrons. The van der Waals surface area contributed by atoms with Crippen LogP contribution in [-0.2, 0) is 4.79 Å². The summed E-state index contributed by atoms with van der Waals surface area (Å²) < 4.78 is 13.0. The van der Waals surface area contributed by atoms with Crippen LogP contribution in [0.2, 0.25) is 0 Å². The van der Waals surface area contributed by atoms with Crippen molar-refractivity contribution in [1.82, 2.24) is 9.97 Å². The molecule has 2 aromatic heterocycles. The van der Waals surface area contributed by atoms with Crippen molar-refractivity contribution < 1.29 is 14.3 Å². The number of pyridine rings is 2. The fraction of sp³-hybridized carbons (Fsp3) is 0.318. The molecule has 3 rings (SSSR count). The lowest BCUT2D eigenvalue weighted by atomic mass is 9.99. The zero-order chi connectivity index (χ0) is 20.4. The number of anilines is 1. The molecular weight excluding hydrogens is 357 g/mol. The molecule has 28 heavy (non-hydrogen) atoms. The minimum absolute atomic E-state index is 0.279. The van der Waals surface area contributed by atoms with Crippen molar-refractivity contribution in [2.24, 2.45) is 5.92 Å². The first kappa shape index (κ1) is 19.9. The number of alkyl halides is 1. The molecule has 2 N–H and O–H groups in total. The highest BCUT2D eigenvalue weighted by Gasteiger charge is 2.43. The third kappa shape index (κ3) is 4.34. The van der Waals surface area contributed by atoms with Gasteiger partial charge in [0.2, 0.25) is 5.91 Å². The van der Waals surface area contributed by atoms with E-state index in [0.29, 0.717) is 23.5 Å². The molecule has 1 saturated carbocycles. The third-order valence-corrected chi connectivity index (χ3v) is 4.91. The number of carbonyl (C=O) groups is 1. The average molecular weight is 381 g/mol. The largest absolute Gasteiger partial charge is 0.388 e. The van der Waals surface area contributed by atoms with E-state index in [-0.39, 0.29) is 12.3 Å². The molecule has 2 aromatic rings. The number of aliphatic hydroxyl groups excluding tert-OH is 1. The van der Waals surface area contributed by atoms with E-state index in [0.717, 1.165) is 21.9 Å². The predicted molar refractivity (Wildman–Crippen MR) is 109 cm³/mol. The summed E-state index contributed by atoms with van der Waals surface area (Å²) in [6, 6.07) is 3.58. The Hall–Kier alpha value is -2.86. The molecule has 1 aliphatic carbocycles. The van der Waals surface area contributed by atoms with Crippen molar-refractivity contribution in [2.75, 3.05) is 5.32 Å². The predicted octanol–water partition coefficient (Wildman–Crippen LogP) is 4.21. The van der Waals surface area contributed by atoms with Crippen LogP contribution in [0.25, 0.3) is 16.3 Å². The number of aliphatic hydroxyl groups is 1. The van der Waals surface area contributed by atoms with Gasteiger partial charge in [-0.25, -0.2) is 9.37 Å². The molecule has 146 valence electrons. The number of amides is 1. The number of hydrogen-bond donors (Lipinski definition) is 2. The Bertz CT molecular complexity index is 983. The smallest absolute Gasteiger partial charge is 0.231 e. The van der Waals surface area contributed by atoms with Crippen molar-refractivity contribution in [2.45, 2.75) is 39.0 Å². The van der Waals surface area contributed by atoms with Gasteiger partial charge in [0.05, 0.1) is 17.7 Å². The van der Waals surface area contributed by atoms with E-state index in [4.69, 9.17) is 0 Å². The number of halogens is 1. The SMILES string of the molecule is C=C(/C(C)=C\C(=C)C(O)CC)c1cc2cnc(NC(=O)C3CC3F)cc2cn1. The maximum absolute atomic E-state index is 13.0. The number of carbonyl (C=O) groups excluding carboxylic acids is 1. The first-order valence-corrected chi connectivity index (χ1v) is 9.25. The minimum Gasteiger partial charge on any atom is -0.388 e. The maximum Gasteiger partial charge on any atom is 0.231 e. The summed E-state index contributed by atoms with van der Waals surface area (Å²) in [5.74, 6) is -0.518. The van der Waals surface area contributed by atoms with Gasteiger partial charge >= 0.3 is 0 Å². The number of hydrogen-bond acceptors (Lipinski definition) is 4. The Balaban J connectivity index is 1.77. The minimum atomic E-state index is -1.04. The van der Waals surface area contributed by atoms with Crippen LogP contribution in [0.3, 0.4) is 0 Å². The molecule has 0 spiro atoms. The summed E-state index contributed by atoms with van der Waals surface area (Å²) >= 11 is 0. The number of nitrogens with zero attached hydrogens (tertiary/aromatic N) is 2. The Kier molecular flexibility index (Phi) is 5.70. The summed E-state index contributed by atoms with van der Waals surface area (Å²) in [4.78, 5) is 20.5. The van der Waals surface area contributed by atoms with Crippen LogP contribution < -0.4 is 5.32 Å². The van der Waals surface area contributed by atoms with Gasteiger partial charge < -0.3 is 10.4 Å². The van der Waals surface area contributed by atoms with Crippen LogP contribution in [0.15, 0.2) is 54.9 Å². The normalized spacial score (nSPS) is 19.9. The second-order valence-electron chi connectivity index (χ2n) is 7.14. The van der Waals surface area contributed by atoms with Crippen LogP contribution in [0, 0.1) is 5.92 Å². The number of allylic oxidation sites excluding steroid dienone is 2. The van der Waals surface area contributed by atoms with Gasteiger partial charge in [-0.1, -0.05) is 26.2 Å². The van der Waals surface area contributed by atoms with Gasteiger partial charge in [-0.05, 0) is 48.6 Å². The number of fused-ring (bicyclic) bond motifs is 1. The summed E-state index contributed by atoms with van der Waals surface area (Å²) in [5, 5.41) is 14.2. The Morgan fingerprint density at radius 3 is 2.64 bits per heavy atom. The van der Waals surface area contributed by atoms with Gasteiger partial charge in [0.15, 0.2) is 0 Å². The molecule has 0 bridgehead atoms. The Morgan fingerprint density at radius 1 is 1.36 bits per heavy atom. The Morgan fingerprint density at radius 2 is 2.00 bits per heavy atom. The van der Waals surface area contributed by atoms with Crippen LogP contribution in [0.5, 0.6) is 0 Å². The molecule has 1 fully saturated rings. The fourth-order valence-corrected chi connectivity index (χ4v) is 2.85. The molecular formula is C22H24FN3O2. The van der Waals surface area contributed by atoms with E-state index in [1.165, 1.54) is 0 Å². The standard InChI is InChI=1S/C22H24FN3O2/c1-5-20(27)13(3)6-12(2)14(4)19-7-15-11-25-21(8-16(15)10-24-19)26-22(28)17-9-18(17)23/h6-8,10-11,17-18,20,27H,3-5,9H2,1-2H3,(H,25,26,28)/b12-6-. The molecule has 0 aliphatic heterocycles. The molecule has 6 heteroatoms. The summed E-state index contributed by atoms with van der Waals surface area (Å²) in [6.45, 7) is 11.8. The fourth-order valence-electron chi connectivity index (χ4n) is 2.85. The quantitative estimate of drug-likeness (QED) is 0.705. The van der Waals surface area contributed by atoms with Crippen molar-refractivity contribution in [1.29, 1.82) is 0 Å². The van der Waals surface area contributed by atoms with Gasteiger partial charge in [-0.3, -0.25) is 9.78 Å². The van der Waals surface area contributed by atoms with Crippen LogP contribution in [0.4, 0.5) is 10.2 Å². The van der Waals surface area contributed by atoms with Crippen LogP contribution in [-0.4, -0.2) is 33.3 Å². The van der Waals surface area contributed by atoms with Crippen molar-refractivity contribution in [3.8, 4) is 0 Å². The second-order valence-corrected chi connectivity index (χ2v) is 7.14. The molecule has 5 nitrogen and oxygen atoms in total. The lowest BCUT2D eigenvalue weighted by Gasteiger charge is -2.11. The highest BCUT2D eigenvalue weighted by atomic mass is 19.1. The van der Waals surface area contributed by atoms with Crippen LogP contribution >= 0.6 is 0 Å². The van der Waals surface area contributed by atoms with Crippen molar-refractivity contribution in [3.63, 3.8) is 0 Å². The Labute approximate surface area is 163 Å². The summed E-state index contributed by atoms with van der Waals surface area (Å²) in [5.41, 5.74) is 2.92. The zero-order valence-electron chi connectivity index (χ0n) is 16.1. The lowest BCUT2D eigenvalue weighted by Crippen LogP contribution is -2.15. The average Bonchev–Trinajstić information content (AvgIpc) is 3.42. The van der Waals surface area contributed by atoms with Crippen LogP contribution in [0.1, 0.15) is 32.4 Å². The molecule has 1 aliphatic rings. The van der Waals surface area contributed by atoms with E-state index < -0.39 is 18.2 Å². The highest BCUT2D eigenvalue weighted by Crippen LogP contribution is 2.34. The molecule has 0 aromatic carbocycles. The van der Waals surface area contributed by atoms with E-state index >= 15 is 0 Å². The summed E-state index contributed by atoms with van der Waals surface area (Å²) in [6.07, 6.45) is 4.40. The highest BCUT2D eigenvalue weighted by molar-refractivity contribution is 5.96. The molecule has 3 unspecified atom stereocenters. The first-order valence-electron chi connectivity index (χ1n) is 9.25. The van der Waals surface area contributed by atoms with Gasteiger partial charge in [-0.15, -0.1) is 0 Å².